The van der Waals surface area contributed by atoms with E-state index in [0.29, 0.717) is 41.8 Å². The second kappa shape index (κ2) is 9.36. The predicted molar refractivity (Wildman–Crippen MR) is 134 cm³/mol. The Morgan fingerprint density at radius 1 is 1.08 bits per heavy atom. The van der Waals surface area contributed by atoms with E-state index in [1.807, 2.05) is 31.3 Å². The number of nitrogens with zero attached hydrogens (tertiary/aromatic N) is 4. The van der Waals surface area contributed by atoms with E-state index in [9.17, 15) is 13.6 Å². The normalized spacial score (nSPS) is 18.5. The Balaban J connectivity index is 1.21. The second-order valence-electron chi connectivity index (χ2n) is 9.70. The molecule has 3 heterocycles. The highest BCUT2D eigenvalue weighted by Crippen LogP contribution is 2.29. The van der Waals surface area contributed by atoms with E-state index in [4.69, 9.17) is 4.63 Å². The van der Waals surface area contributed by atoms with Crippen LogP contribution in [-0.2, 0) is 6.42 Å². The lowest BCUT2D eigenvalue weighted by Crippen LogP contribution is -2.50. The zero-order valence-corrected chi connectivity index (χ0v) is 20.0. The number of hydrogen-bond donors (Lipinski definition) is 2. The van der Waals surface area contributed by atoms with Crippen molar-refractivity contribution in [3.63, 3.8) is 0 Å². The molecule has 37 heavy (non-hydrogen) atoms. The van der Waals surface area contributed by atoms with Crippen molar-refractivity contribution in [2.24, 2.45) is 5.92 Å². The van der Waals surface area contributed by atoms with Crippen LogP contribution in [0.5, 0.6) is 0 Å². The first-order valence-electron chi connectivity index (χ1n) is 12.1. The van der Waals surface area contributed by atoms with Crippen LogP contribution in [0.25, 0.3) is 33.2 Å². The van der Waals surface area contributed by atoms with Crippen molar-refractivity contribution < 1.29 is 18.2 Å². The van der Waals surface area contributed by atoms with Crippen molar-refractivity contribution in [3.8, 4) is 11.3 Å². The molecule has 1 aliphatic heterocycles. The maximum Gasteiger partial charge on any atom is 0.251 e. The number of carbonyl (C=O) groups excluding carboxylic acids is 1. The van der Waals surface area contributed by atoms with E-state index in [-0.39, 0.29) is 29.9 Å². The number of likely N-dealkylation sites (tertiary alicyclic amines) is 1. The molecule has 1 saturated heterocycles. The first-order chi connectivity index (χ1) is 17.9. The summed E-state index contributed by atoms with van der Waals surface area (Å²) in [6.07, 6.45) is 0.916. The highest BCUT2D eigenvalue weighted by atomic mass is 19.1. The Hall–Kier alpha value is -4.18. The lowest BCUT2D eigenvalue weighted by molar-refractivity contribution is 0.0888. The number of H-pyrrole nitrogens is 1. The van der Waals surface area contributed by atoms with Crippen molar-refractivity contribution >= 4 is 27.8 Å². The lowest BCUT2D eigenvalue weighted by Gasteiger charge is -2.36. The zero-order valence-electron chi connectivity index (χ0n) is 20.0. The van der Waals surface area contributed by atoms with Gasteiger partial charge >= 0.3 is 0 Å². The average Bonchev–Trinajstić information content (AvgIpc) is 3.52. The Kier molecular flexibility index (Phi) is 5.88. The zero-order chi connectivity index (χ0) is 25.5. The molecule has 0 aliphatic carbocycles. The first-order valence-corrected chi connectivity index (χ1v) is 12.1. The number of halogens is 2. The van der Waals surface area contributed by atoms with Gasteiger partial charge in [-0.3, -0.25) is 9.89 Å². The summed E-state index contributed by atoms with van der Waals surface area (Å²) in [6.45, 7) is 1.36. The minimum atomic E-state index is -0.531. The molecule has 1 fully saturated rings. The van der Waals surface area contributed by atoms with E-state index in [1.54, 1.807) is 12.1 Å². The molecular weight excluding hydrogens is 478 g/mol. The maximum atomic E-state index is 14.2. The van der Waals surface area contributed by atoms with Gasteiger partial charge in [-0.25, -0.2) is 13.4 Å². The van der Waals surface area contributed by atoms with Gasteiger partial charge in [0.1, 0.15) is 28.4 Å². The highest BCUT2D eigenvalue weighted by molar-refractivity contribution is 6.02. The van der Waals surface area contributed by atoms with Crippen LogP contribution in [0.1, 0.15) is 22.3 Å². The number of carbonyl (C=O) groups is 1. The standard InChI is InChI=1S/C27H24F2N6O2/c1-35-13-15(10-19-21(28)3-2-4-22(19)29)9-18(14-35)30-27(36)17-6-7-23-20(11-17)26(32-31-23)16-5-8-24-25(12-16)34-37-33-24/h2-8,11-12,15,18H,9-10,13-14H2,1H3,(H,30,36)(H,31,32)/t15-,18-/m1/s1. The van der Waals surface area contributed by atoms with Gasteiger partial charge in [-0.15, -0.1) is 0 Å². The molecule has 0 bridgehead atoms. The summed E-state index contributed by atoms with van der Waals surface area (Å²) in [5, 5.41) is 19.1. The van der Waals surface area contributed by atoms with Gasteiger partial charge in [0.15, 0.2) is 0 Å². The second-order valence-corrected chi connectivity index (χ2v) is 9.70. The minimum Gasteiger partial charge on any atom is -0.348 e. The van der Waals surface area contributed by atoms with Crippen molar-refractivity contribution in [2.45, 2.75) is 18.9 Å². The van der Waals surface area contributed by atoms with Crippen molar-refractivity contribution in [3.05, 3.63) is 77.4 Å². The van der Waals surface area contributed by atoms with E-state index >= 15 is 0 Å². The van der Waals surface area contributed by atoms with Crippen molar-refractivity contribution in [1.82, 2.24) is 30.7 Å². The first kappa shape index (κ1) is 23.2. The van der Waals surface area contributed by atoms with E-state index in [0.717, 1.165) is 16.5 Å². The summed E-state index contributed by atoms with van der Waals surface area (Å²) in [5.74, 6) is -1.25. The minimum absolute atomic E-state index is 0.0133. The van der Waals surface area contributed by atoms with Gasteiger partial charge in [0.2, 0.25) is 0 Å². The van der Waals surface area contributed by atoms with Crippen LogP contribution in [0.3, 0.4) is 0 Å². The van der Waals surface area contributed by atoms with E-state index in [2.05, 4.69) is 30.7 Å². The number of rotatable bonds is 5. The van der Waals surface area contributed by atoms with Gasteiger partial charge in [-0.05, 0) is 78.6 Å². The summed E-state index contributed by atoms with van der Waals surface area (Å²) >= 11 is 0. The van der Waals surface area contributed by atoms with Crippen LogP contribution in [0.2, 0.25) is 0 Å². The van der Waals surface area contributed by atoms with E-state index in [1.165, 1.54) is 18.2 Å². The summed E-state index contributed by atoms with van der Waals surface area (Å²) in [5.41, 5.74) is 4.19. The van der Waals surface area contributed by atoms with Crippen LogP contribution in [0, 0.1) is 17.6 Å². The number of nitrogens with one attached hydrogen (secondary N) is 2. The predicted octanol–water partition coefficient (Wildman–Crippen LogP) is 4.34. The summed E-state index contributed by atoms with van der Waals surface area (Å²) < 4.78 is 33.2. The van der Waals surface area contributed by atoms with Crippen LogP contribution in [0.15, 0.2) is 59.2 Å². The molecule has 1 amide bonds. The molecular formula is C27H24F2N6O2. The van der Waals surface area contributed by atoms with Gasteiger partial charge in [-0.1, -0.05) is 12.1 Å². The number of aromatic amines is 1. The molecule has 2 N–H and O–H groups in total. The number of aromatic nitrogens is 4. The SMILES string of the molecule is CN1C[C@@H](Cc2c(F)cccc2F)C[C@@H](NC(=O)c2ccc3[nH]nc(-c4ccc5nonc5c4)c3c2)C1. The van der Waals surface area contributed by atoms with Gasteiger partial charge in [0.25, 0.3) is 5.91 Å². The third kappa shape index (κ3) is 4.55. The molecule has 3 aromatic carbocycles. The number of fused-ring (bicyclic) bond motifs is 2. The smallest absolute Gasteiger partial charge is 0.251 e. The number of benzene rings is 3. The largest absolute Gasteiger partial charge is 0.348 e. The quantitative estimate of drug-likeness (QED) is 0.371. The van der Waals surface area contributed by atoms with Crippen LogP contribution >= 0.6 is 0 Å². The third-order valence-corrected chi connectivity index (χ3v) is 6.96. The Morgan fingerprint density at radius 3 is 2.73 bits per heavy atom. The maximum absolute atomic E-state index is 14.2. The number of hydrogen-bond acceptors (Lipinski definition) is 6. The fourth-order valence-corrected chi connectivity index (χ4v) is 5.28. The molecule has 8 nitrogen and oxygen atoms in total. The molecule has 0 radical (unpaired) electrons. The Morgan fingerprint density at radius 2 is 1.89 bits per heavy atom. The third-order valence-electron chi connectivity index (χ3n) is 6.96. The molecule has 2 aromatic heterocycles. The fraction of sp³-hybridized carbons (Fsp3) is 0.259. The molecule has 0 saturated carbocycles. The molecule has 0 unspecified atom stereocenters. The summed E-state index contributed by atoms with van der Waals surface area (Å²) in [4.78, 5) is 15.3. The number of amides is 1. The topological polar surface area (TPSA) is 99.9 Å². The molecule has 0 spiro atoms. The number of likely N-dealkylation sites (N-methyl/N-ethyl adjacent to an activating group) is 1. The molecule has 6 rings (SSSR count). The van der Waals surface area contributed by atoms with E-state index < -0.39 is 11.6 Å². The Labute approximate surface area is 210 Å². The summed E-state index contributed by atoms with van der Waals surface area (Å²) in [6, 6.07) is 14.7. The fourth-order valence-electron chi connectivity index (χ4n) is 5.28. The average molecular weight is 503 g/mol. The molecule has 10 heteroatoms. The van der Waals surface area contributed by atoms with Crippen molar-refractivity contribution in [1.29, 1.82) is 0 Å². The lowest BCUT2D eigenvalue weighted by atomic mass is 9.88. The highest BCUT2D eigenvalue weighted by Gasteiger charge is 2.28. The molecule has 5 aromatic rings. The molecule has 188 valence electrons. The van der Waals surface area contributed by atoms with Gasteiger partial charge in [-0.2, -0.15) is 5.10 Å². The Bertz CT molecular complexity index is 1590. The monoisotopic (exact) mass is 502 g/mol. The van der Waals surface area contributed by atoms with Crippen molar-refractivity contribution in [2.75, 3.05) is 20.1 Å². The van der Waals surface area contributed by atoms with Crippen LogP contribution < -0.4 is 5.32 Å². The molecule has 1 aliphatic rings. The van der Waals surface area contributed by atoms with Crippen LogP contribution in [0.4, 0.5) is 8.78 Å². The number of piperidine rings is 1. The molecule has 2 atom stereocenters. The van der Waals surface area contributed by atoms with Gasteiger partial charge in [0.05, 0.1) is 5.52 Å². The van der Waals surface area contributed by atoms with Crippen LogP contribution in [-0.4, -0.2) is 57.5 Å². The summed E-state index contributed by atoms with van der Waals surface area (Å²) in [7, 11) is 1.95. The van der Waals surface area contributed by atoms with Gasteiger partial charge < -0.3 is 10.2 Å². The van der Waals surface area contributed by atoms with Gasteiger partial charge in [0, 0.05) is 41.2 Å².